The fourth-order valence-corrected chi connectivity index (χ4v) is 5.72. The van der Waals surface area contributed by atoms with Crippen LogP contribution in [0.1, 0.15) is 41.3 Å². The van der Waals surface area contributed by atoms with Crippen LogP contribution < -0.4 is 0 Å². The quantitative estimate of drug-likeness (QED) is 0.597. The minimum atomic E-state index is -3.60. The molecule has 158 valence electrons. The number of hydrogen-bond acceptors (Lipinski definition) is 4. The maximum atomic E-state index is 13.0. The molecule has 0 N–H and O–H groups in total. The van der Waals surface area contributed by atoms with E-state index < -0.39 is 10.0 Å². The van der Waals surface area contributed by atoms with E-state index in [0.29, 0.717) is 13.1 Å². The van der Waals surface area contributed by atoms with Crippen LogP contribution in [-0.2, 0) is 23.5 Å². The van der Waals surface area contributed by atoms with Crippen LogP contribution in [0.3, 0.4) is 0 Å². The van der Waals surface area contributed by atoms with Gasteiger partial charge < -0.3 is 4.57 Å². The van der Waals surface area contributed by atoms with Gasteiger partial charge in [0.1, 0.15) is 0 Å². The van der Waals surface area contributed by atoms with Crippen molar-refractivity contribution in [2.45, 2.75) is 37.1 Å². The highest BCUT2D eigenvalue weighted by Gasteiger charge is 2.33. The lowest BCUT2D eigenvalue weighted by Gasteiger charge is -2.31. The van der Waals surface area contributed by atoms with Crippen molar-refractivity contribution in [1.29, 1.82) is 0 Å². The average Bonchev–Trinajstić information content (AvgIpc) is 3.15. The molecule has 8 heteroatoms. The lowest BCUT2D eigenvalue weighted by molar-refractivity contribution is 0.311. The summed E-state index contributed by atoms with van der Waals surface area (Å²) in [7, 11) is -1.83. The number of imidazole rings is 1. The largest absolute Gasteiger partial charge is 0.339 e. The smallest absolute Gasteiger partial charge is 0.262 e. The molecule has 6 nitrogen and oxygen atoms in total. The summed E-state index contributed by atoms with van der Waals surface area (Å²) in [4.78, 5) is 8.79. The summed E-state index contributed by atoms with van der Waals surface area (Å²) >= 11 is 6.12. The van der Waals surface area contributed by atoms with Crippen LogP contribution in [0.2, 0.25) is 5.02 Å². The van der Waals surface area contributed by atoms with Crippen molar-refractivity contribution in [3.05, 3.63) is 76.5 Å². The number of hydrogen-bond donors (Lipinski definition) is 0. The number of sulfonamides is 1. The Hall–Kier alpha value is -2.22. The first-order valence-electron chi connectivity index (χ1n) is 10.0. The summed E-state index contributed by atoms with van der Waals surface area (Å²) in [6, 6.07) is 12.0. The minimum absolute atomic E-state index is 0.0650. The molecule has 3 aromatic rings. The molecule has 1 aliphatic heterocycles. The Bertz CT molecular complexity index is 1160. The van der Waals surface area contributed by atoms with Gasteiger partial charge in [-0.2, -0.15) is 4.31 Å². The van der Waals surface area contributed by atoms with Crippen LogP contribution in [-0.4, -0.2) is 40.3 Å². The Labute approximate surface area is 182 Å². The molecular weight excluding hydrogens is 420 g/mol. The third kappa shape index (κ3) is 4.58. The topological polar surface area (TPSA) is 68.1 Å². The Morgan fingerprint density at radius 1 is 1.20 bits per heavy atom. The molecule has 0 radical (unpaired) electrons. The number of pyridine rings is 1. The van der Waals surface area contributed by atoms with E-state index in [2.05, 4.69) is 23.2 Å². The van der Waals surface area contributed by atoms with Crippen molar-refractivity contribution in [3.8, 4) is 0 Å². The van der Waals surface area contributed by atoms with Gasteiger partial charge in [0.25, 0.3) is 10.0 Å². The molecule has 0 spiro atoms. The lowest BCUT2D eigenvalue weighted by atomic mass is 9.93. The second-order valence-electron chi connectivity index (χ2n) is 7.93. The molecule has 1 atom stereocenters. The Morgan fingerprint density at radius 2 is 2.03 bits per heavy atom. The van der Waals surface area contributed by atoms with Gasteiger partial charge in [-0.3, -0.25) is 4.98 Å². The highest BCUT2D eigenvalue weighted by molar-refractivity contribution is 7.89. The number of rotatable bonds is 5. The molecule has 4 rings (SSSR count). The Balaban J connectivity index is 1.57. The van der Waals surface area contributed by atoms with Gasteiger partial charge in [0.2, 0.25) is 0 Å². The van der Waals surface area contributed by atoms with Crippen molar-refractivity contribution in [3.63, 3.8) is 0 Å². The van der Waals surface area contributed by atoms with E-state index >= 15 is 0 Å². The third-order valence-electron chi connectivity index (χ3n) is 5.42. The number of nitrogens with zero attached hydrogens (tertiary/aromatic N) is 4. The van der Waals surface area contributed by atoms with Crippen molar-refractivity contribution < 1.29 is 8.42 Å². The molecule has 30 heavy (non-hydrogen) atoms. The second-order valence-corrected chi connectivity index (χ2v) is 10.2. The highest BCUT2D eigenvalue weighted by atomic mass is 35.5. The van der Waals surface area contributed by atoms with Crippen molar-refractivity contribution in [1.82, 2.24) is 18.8 Å². The Kier molecular flexibility index (Phi) is 5.95. The van der Waals surface area contributed by atoms with Gasteiger partial charge in [-0.05, 0) is 61.6 Å². The van der Waals surface area contributed by atoms with Gasteiger partial charge in [0.15, 0.2) is 5.03 Å². The molecular formula is C22H25ClN4O2S. The van der Waals surface area contributed by atoms with E-state index in [4.69, 9.17) is 16.6 Å². The first kappa shape index (κ1) is 21.0. The van der Waals surface area contributed by atoms with E-state index in [1.165, 1.54) is 6.33 Å². The molecule has 3 heterocycles. The summed E-state index contributed by atoms with van der Waals surface area (Å²) in [6.07, 6.45) is 5.54. The van der Waals surface area contributed by atoms with Crippen LogP contribution in [0.15, 0.2) is 53.9 Å². The molecule has 0 aliphatic carbocycles. The average molecular weight is 445 g/mol. The molecule has 1 saturated heterocycles. The van der Waals surface area contributed by atoms with Gasteiger partial charge in [0, 0.05) is 48.7 Å². The molecule has 1 aliphatic rings. The fourth-order valence-electron chi connectivity index (χ4n) is 4.02. The first-order chi connectivity index (χ1) is 14.3. The standard InChI is InChI=1S/C22H25ClN4O2S/c1-16-9-18(10-17-5-3-7-20(23)11-17)12-21(25-16)19-6-4-8-27(13-19)30(28,29)22-14-26(2)15-24-22/h3,5,7,9,11-12,14-15,19H,4,6,8,10,13H2,1-2H3/t19-/m1/s1. The molecule has 0 amide bonds. The molecule has 0 bridgehead atoms. The van der Waals surface area contributed by atoms with Crippen LogP contribution in [0.5, 0.6) is 0 Å². The zero-order valence-electron chi connectivity index (χ0n) is 17.1. The van der Waals surface area contributed by atoms with E-state index in [9.17, 15) is 8.42 Å². The summed E-state index contributed by atoms with van der Waals surface area (Å²) in [5.41, 5.74) is 4.19. The monoisotopic (exact) mass is 444 g/mol. The number of aromatic nitrogens is 3. The van der Waals surface area contributed by atoms with Crippen LogP contribution in [0.4, 0.5) is 0 Å². The van der Waals surface area contributed by atoms with Crippen LogP contribution >= 0.6 is 11.6 Å². The van der Waals surface area contributed by atoms with E-state index in [1.807, 2.05) is 25.1 Å². The second kappa shape index (κ2) is 8.49. The SMILES string of the molecule is Cc1cc(Cc2cccc(Cl)c2)cc([C@@H]2CCCN(S(=O)(=O)c3cn(C)cn3)C2)n1. The maximum absolute atomic E-state index is 13.0. The van der Waals surface area contributed by atoms with Gasteiger partial charge in [0.05, 0.1) is 6.33 Å². The number of piperidine rings is 1. The predicted octanol–water partition coefficient (Wildman–Crippen LogP) is 3.94. The van der Waals surface area contributed by atoms with Gasteiger partial charge in [-0.1, -0.05) is 23.7 Å². The number of halogens is 1. The zero-order valence-corrected chi connectivity index (χ0v) is 18.7. The highest BCUT2D eigenvalue weighted by Crippen LogP contribution is 2.30. The van der Waals surface area contributed by atoms with Gasteiger partial charge >= 0.3 is 0 Å². The number of benzene rings is 1. The molecule has 0 unspecified atom stereocenters. The van der Waals surface area contributed by atoms with Crippen molar-refractivity contribution in [2.75, 3.05) is 13.1 Å². The molecule has 1 fully saturated rings. The normalized spacial score (nSPS) is 17.9. The van der Waals surface area contributed by atoms with E-state index in [-0.39, 0.29) is 10.9 Å². The van der Waals surface area contributed by atoms with Crippen LogP contribution in [0, 0.1) is 6.92 Å². The first-order valence-corrected chi connectivity index (χ1v) is 11.8. The maximum Gasteiger partial charge on any atom is 0.262 e. The van der Waals surface area contributed by atoms with E-state index in [1.54, 1.807) is 22.1 Å². The summed E-state index contributed by atoms with van der Waals surface area (Å²) in [5.74, 6) is 0.0650. The third-order valence-corrected chi connectivity index (χ3v) is 7.40. The summed E-state index contributed by atoms with van der Waals surface area (Å²) in [5, 5.41) is 0.825. The van der Waals surface area contributed by atoms with Crippen LogP contribution in [0.25, 0.3) is 0 Å². The molecule has 0 saturated carbocycles. The molecule has 1 aromatic carbocycles. The van der Waals surface area contributed by atoms with Gasteiger partial charge in [-0.15, -0.1) is 0 Å². The van der Waals surface area contributed by atoms with Crippen molar-refractivity contribution in [2.24, 2.45) is 7.05 Å². The minimum Gasteiger partial charge on any atom is -0.339 e. The summed E-state index contributed by atoms with van der Waals surface area (Å²) < 4.78 is 29.2. The predicted molar refractivity (Wildman–Crippen MR) is 117 cm³/mol. The summed E-state index contributed by atoms with van der Waals surface area (Å²) in [6.45, 7) is 2.92. The zero-order chi connectivity index (χ0) is 21.3. The molecule has 2 aromatic heterocycles. The van der Waals surface area contributed by atoms with Gasteiger partial charge in [-0.25, -0.2) is 13.4 Å². The van der Waals surface area contributed by atoms with Crippen molar-refractivity contribution >= 4 is 21.6 Å². The Morgan fingerprint density at radius 3 is 2.77 bits per heavy atom. The lowest BCUT2D eigenvalue weighted by Crippen LogP contribution is -2.39. The number of aryl methyl sites for hydroxylation is 2. The fraction of sp³-hybridized carbons (Fsp3) is 0.364. The van der Waals surface area contributed by atoms with E-state index in [0.717, 1.165) is 46.8 Å².